The molecule has 0 amide bonds. The Balaban J connectivity index is 3.60. The second kappa shape index (κ2) is 7.59. The van der Waals surface area contributed by atoms with Gasteiger partial charge >= 0.3 is 0 Å². The van der Waals surface area contributed by atoms with Crippen molar-refractivity contribution in [2.75, 3.05) is 6.54 Å². The highest BCUT2D eigenvalue weighted by molar-refractivity contribution is 4.97. The fourth-order valence-electron chi connectivity index (χ4n) is 0.844. The molecule has 1 heteroatoms. The lowest BCUT2D eigenvalue weighted by Crippen LogP contribution is -1.94. The van der Waals surface area contributed by atoms with Crippen LogP contribution in [0.5, 0.6) is 0 Å². The van der Waals surface area contributed by atoms with E-state index < -0.39 is 0 Å². The number of unbranched alkanes of at least 4 members (excludes halogenated alkanes) is 1. The number of hydrogen-bond donors (Lipinski definition) is 1. The Morgan fingerprint density at radius 1 is 1.55 bits per heavy atom. The molecule has 0 bridgehead atoms. The molecule has 64 valence electrons. The molecule has 0 unspecified atom stereocenters. The molecule has 1 nitrogen and oxygen atoms in total. The van der Waals surface area contributed by atoms with Gasteiger partial charge in [0.15, 0.2) is 0 Å². The van der Waals surface area contributed by atoms with E-state index in [0.29, 0.717) is 0 Å². The maximum Gasteiger partial charge on any atom is -0.00365 e. The molecule has 0 fully saturated rings. The molecule has 0 saturated heterocycles. The van der Waals surface area contributed by atoms with Crippen LogP contribution >= 0.6 is 0 Å². The van der Waals surface area contributed by atoms with Crippen LogP contribution in [0.4, 0.5) is 0 Å². The molecule has 0 aliphatic carbocycles. The van der Waals surface area contributed by atoms with Crippen molar-refractivity contribution in [2.24, 2.45) is 5.73 Å². The Kier molecular flexibility index (Phi) is 7.23. The molecule has 0 aliphatic rings. The van der Waals surface area contributed by atoms with E-state index in [9.17, 15) is 0 Å². The third-order valence-corrected chi connectivity index (χ3v) is 1.56. The van der Waals surface area contributed by atoms with Crippen molar-refractivity contribution in [2.45, 2.75) is 39.5 Å². The first-order valence-electron chi connectivity index (χ1n) is 4.42. The molecule has 2 N–H and O–H groups in total. The average Bonchev–Trinajstić information content (AvgIpc) is 2.01. The quantitative estimate of drug-likeness (QED) is 0.604. The van der Waals surface area contributed by atoms with Crippen LogP contribution in [-0.2, 0) is 0 Å². The summed E-state index contributed by atoms with van der Waals surface area (Å²) in [4.78, 5) is 0. The van der Waals surface area contributed by atoms with Gasteiger partial charge in [-0.25, -0.2) is 0 Å². The van der Waals surface area contributed by atoms with Crippen molar-refractivity contribution in [3.05, 3.63) is 17.4 Å². The van der Waals surface area contributed by atoms with E-state index in [1.54, 1.807) is 0 Å². The predicted octanol–water partition coefficient (Wildman–Crippen LogP) is 2.63. The highest BCUT2D eigenvalue weighted by Gasteiger charge is 1.85. The Bertz CT molecular complexity index is 141. The number of nitrogens with two attached hydrogens (primary N) is 1. The van der Waals surface area contributed by atoms with E-state index in [0.717, 1.165) is 13.0 Å². The third-order valence-electron chi connectivity index (χ3n) is 1.56. The lowest BCUT2D eigenvalue weighted by molar-refractivity contribution is 0.788. The smallest absolute Gasteiger partial charge is 0.00365 e. The highest BCUT2D eigenvalue weighted by Crippen LogP contribution is 2.03. The van der Waals surface area contributed by atoms with Gasteiger partial charge in [-0.2, -0.15) is 0 Å². The fraction of sp³-hybridized carbons (Fsp3) is 0.700. The summed E-state index contributed by atoms with van der Waals surface area (Å²) >= 11 is 0. The molecule has 0 atom stereocenters. The van der Waals surface area contributed by atoms with Crippen LogP contribution in [0.1, 0.15) is 39.5 Å². The van der Waals surface area contributed by atoms with E-state index >= 15 is 0 Å². The van der Waals surface area contributed by atoms with E-state index in [2.05, 4.69) is 19.6 Å². The molecular weight excluding hydrogens is 134 g/mol. The molecule has 0 aliphatic heterocycles. The van der Waals surface area contributed by atoms with Gasteiger partial charge in [0, 0.05) is 0 Å². The van der Waals surface area contributed by atoms with Crippen molar-refractivity contribution in [1.82, 2.24) is 0 Å². The van der Waals surface area contributed by atoms with E-state index in [4.69, 9.17) is 5.73 Å². The summed E-state index contributed by atoms with van der Waals surface area (Å²) in [5.41, 5.74) is 9.91. The van der Waals surface area contributed by atoms with Crippen LogP contribution in [0.15, 0.2) is 17.4 Å². The van der Waals surface area contributed by atoms with Gasteiger partial charge in [-0.05, 0) is 44.4 Å². The van der Waals surface area contributed by atoms with Crippen LogP contribution in [0.3, 0.4) is 0 Å². The van der Waals surface area contributed by atoms with E-state index in [-0.39, 0.29) is 0 Å². The molecule has 0 saturated carbocycles. The Morgan fingerprint density at radius 3 is 2.82 bits per heavy atom. The van der Waals surface area contributed by atoms with Crippen LogP contribution in [0.2, 0.25) is 0 Å². The molecule has 0 aromatic carbocycles. The third kappa shape index (κ3) is 7.38. The Labute approximate surface area is 70.0 Å². The monoisotopic (exact) mass is 153 g/mol. The standard InChI is InChI=1S/C10H19N/c1-3-4-7-10(2)8-5-6-9-11/h5H,3-4,6-7,9,11H2,1-2H3. The summed E-state index contributed by atoms with van der Waals surface area (Å²) in [6.45, 7) is 5.06. The largest absolute Gasteiger partial charge is 0.330 e. The van der Waals surface area contributed by atoms with E-state index in [1.165, 1.54) is 24.8 Å². The van der Waals surface area contributed by atoms with Gasteiger partial charge in [-0.3, -0.25) is 0 Å². The second-order valence-corrected chi connectivity index (χ2v) is 2.81. The van der Waals surface area contributed by atoms with Gasteiger partial charge in [-0.15, -0.1) is 5.73 Å². The lowest BCUT2D eigenvalue weighted by atomic mass is 10.1. The van der Waals surface area contributed by atoms with Gasteiger partial charge in [0.05, 0.1) is 0 Å². The maximum atomic E-state index is 5.33. The summed E-state index contributed by atoms with van der Waals surface area (Å²) in [6, 6.07) is 0. The van der Waals surface area contributed by atoms with Crippen LogP contribution in [0.25, 0.3) is 0 Å². The van der Waals surface area contributed by atoms with Crippen molar-refractivity contribution < 1.29 is 0 Å². The number of rotatable bonds is 5. The highest BCUT2D eigenvalue weighted by atomic mass is 14.5. The normalized spacial score (nSPS) is 9.00. The summed E-state index contributed by atoms with van der Waals surface area (Å²) in [5.74, 6) is 0. The Morgan fingerprint density at radius 2 is 2.27 bits per heavy atom. The topological polar surface area (TPSA) is 26.0 Å². The van der Waals surface area contributed by atoms with Crippen molar-refractivity contribution in [3.8, 4) is 0 Å². The van der Waals surface area contributed by atoms with Crippen molar-refractivity contribution >= 4 is 0 Å². The second-order valence-electron chi connectivity index (χ2n) is 2.81. The van der Waals surface area contributed by atoms with Crippen molar-refractivity contribution in [1.29, 1.82) is 0 Å². The zero-order chi connectivity index (χ0) is 8.53. The molecule has 0 radical (unpaired) electrons. The van der Waals surface area contributed by atoms with Gasteiger partial charge in [0.25, 0.3) is 0 Å². The van der Waals surface area contributed by atoms with Crippen LogP contribution in [0, 0.1) is 0 Å². The molecular formula is C10H19N. The molecule has 0 heterocycles. The first-order chi connectivity index (χ1) is 5.31. The summed E-state index contributed by atoms with van der Waals surface area (Å²) < 4.78 is 0. The zero-order valence-electron chi connectivity index (χ0n) is 7.69. The summed E-state index contributed by atoms with van der Waals surface area (Å²) in [6.07, 6.45) is 6.69. The number of hydrogen-bond acceptors (Lipinski definition) is 1. The first-order valence-corrected chi connectivity index (χ1v) is 4.42. The van der Waals surface area contributed by atoms with Gasteiger partial charge in [-0.1, -0.05) is 13.3 Å². The van der Waals surface area contributed by atoms with Gasteiger partial charge < -0.3 is 5.73 Å². The van der Waals surface area contributed by atoms with E-state index in [1.807, 2.05) is 6.08 Å². The van der Waals surface area contributed by atoms with Gasteiger partial charge in [0.2, 0.25) is 0 Å². The predicted molar refractivity (Wildman–Crippen MR) is 50.5 cm³/mol. The first kappa shape index (κ1) is 10.5. The lowest BCUT2D eigenvalue weighted by Gasteiger charge is -1.93. The Hall–Kier alpha value is -0.520. The van der Waals surface area contributed by atoms with Gasteiger partial charge in [0.1, 0.15) is 0 Å². The minimum Gasteiger partial charge on any atom is -0.330 e. The average molecular weight is 153 g/mol. The van der Waals surface area contributed by atoms with Crippen LogP contribution < -0.4 is 5.73 Å². The fourth-order valence-corrected chi connectivity index (χ4v) is 0.844. The maximum absolute atomic E-state index is 5.33. The van der Waals surface area contributed by atoms with Crippen molar-refractivity contribution in [3.63, 3.8) is 0 Å². The summed E-state index contributed by atoms with van der Waals surface area (Å²) in [7, 11) is 0. The molecule has 0 aromatic rings. The molecule has 0 aromatic heterocycles. The molecule has 0 spiro atoms. The molecule has 11 heavy (non-hydrogen) atoms. The summed E-state index contributed by atoms with van der Waals surface area (Å²) in [5, 5.41) is 0. The zero-order valence-corrected chi connectivity index (χ0v) is 7.69. The SMILES string of the molecule is CCCCC(C)=C=CCCN. The molecule has 0 rings (SSSR count). The van der Waals surface area contributed by atoms with Crippen LogP contribution in [-0.4, -0.2) is 6.54 Å². The minimum atomic E-state index is 0.730. The minimum absolute atomic E-state index is 0.730.